The molecule has 1 heterocycles. The highest BCUT2D eigenvalue weighted by molar-refractivity contribution is 5.97. The lowest BCUT2D eigenvalue weighted by molar-refractivity contribution is -0.129. The Morgan fingerprint density at radius 2 is 1.65 bits per heavy atom. The van der Waals surface area contributed by atoms with Crippen LogP contribution in [0.5, 0.6) is 0 Å². The number of aromatic amines is 2. The number of anilines is 1. The van der Waals surface area contributed by atoms with E-state index in [0.717, 1.165) is 35.1 Å². The summed E-state index contributed by atoms with van der Waals surface area (Å²) in [7, 11) is 0. The number of carboxylic acid groups (broad SMARTS) is 1. The smallest absolute Gasteiger partial charge is 0.407 e. The third-order valence-electron chi connectivity index (χ3n) is 9.12. The van der Waals surface area contributed by atoms with Crippen LogP contribution in [0.15, 0.2) is 65.5 Å². The quantitative estimate of drug-likeness (QED) is 0.120. The number of ether oxygens (including phenoxy) is 1. The first-order chi connectivity index (χ1) is 23.3. The molecule has 4 aromatic rings. The standard InChI is InChI=1S/C38H44N4O7/c1-22-17-27(36(46)47)13-15-30(22)25-9-5-23(6-10-25)18-28(34(44)40-29-14-16-31-32(20-29)41-42-35(31)45)19-33(43)26-11-7-24(8-12-26)21-39-37(48)49-38(2,3)4/h5-6,9-10,13-17,20,24,26,28H,7-8,11-12,18-19,21H2,1-4H3,(H,39,48)(H,40,44)(H,46,47)(H2,41,42,45)/t24?,26?,28-/m1/s1. The SMILES string of the molecule is Cc1cc(C(=O)O)ccc1-c1ccc(C[C@H](CC(=O)C2CCC(CNC(=O)OC(C)(C)C)CC2)C(=O)Nc2ccc3c(=O)[nH][nH]c3c2)cc1. The molecule has 0 radical (unpaired) electrons. The van der Waals surface area contributed by atoms with Gasteiger partial charge in [-0.3, -0.25) is 24.6 Å². The summed E-state index contributed by atoms with van der Waals surface area (Å²) < 4.78 is 5.34. The van der Waals surface area contributed by atoms with E-state index < -0.39 is 23.6 Å². The van der Waals surface area contributed by atoms with Crippen LogP contribution in [0.2, 0.25) is 0 Å². The number of aromatic nitrogens is 2. The molecular formula is C38H44N4O7. The number of nitrogens with one attached hydrogen (secondary N) is 4. The minimum Gasteiger partial charge on any atom is -0.478 e. The highest BCUT2D eigenvalue weighted by Gasteiger charge is 2.31. The fourth-order valence-corrected chi connectivity index (χ4v) is 6.48. The maximum atomic E-state index is 13.8. The summed E-state index contributed by atoms with van der Waals surface area (Å²) in [6.45, 7) is 7.82. The van der Waals surface area contributed by atoms with E-state index >= 15 is 0 Å². The molecule has 1 aliphatic rings. The number of benzene rings is 3. The predicted molar refractivity (Wildman–Crippen MR) is 188 cm³/mol. The first-order valence-electron chi connectivity index (χ1n) is 16.7. The van der Waals surface area contributed by atoms with Crippen molar-refractivity contribution in [2.24, 2.45) is 17.8 Å². The van der Waals surface area contributed by atoms with Crippen LogP contribution in [0, 0.1) is 24.7 Å². The van der Waals surface area contributed by atoms with Crippen LogP contribution in [0.25, 0.3) is 22.0 Å². The fourth-order valence-electron chi connectivity index (χ4n) is 6.48. The van der Waals surface area contributed by atoms with Gasteiger partial charge in [-0.05, 0) is 118 Å². The molecule has 1 atom stereocenters. The van der Waals surface area contributed by atoms with Gasteiger partial charge in [-0.1, -0.05) is 30.3 Å². The molecule has 3 aromatic carbocycles. The van der Waals surface area contributed by atoms with Gasteiger partial charge < -0.3 is 20.5 Å². The summed E-state index contributed by atoms with van der Waals surface area (Å²) in [6.07, 6.45) is 2.96. The Hall–Kier alpha value is -5.19. The molecule has 0 spiro atoms. The molecule has 1 fully saturated rings. The van der Waals surface area contributed by atoms with E-state index in [2.05, 4.69) is 20.8 Å². The van der Waals surface area contributed by atoms with Crippen molar-refractivity contribution in [3.63, 3.8) is 0 Å². The van der Waals surface area contributed by atoms with E-state index in [4.69, 9.17) is 4.74 Å². The van der Waals surface area contributed by atoms with Crippen molar-refractivity contribution in [2.45, 2.75) is 71.8 Å². The summed E-state index contributed by atoms with van der Waals surface area (Å²) in [5.41, 5.74) is 4.05. The van der Waals surface area contributed by atoms with Crippen molar-refractivity contribution in [3.05, 3.63) is 87.7 Å². The first kappa shape index (κ1) is 35.1. The molecule has 0 aliphatic heterocycles. The normalized spacial score (nSPS) is 16.9. The number of fused-ring (bicyclic) bond motifs is 1. The number of Topliss-reactive ketones (excluding diaryl/α,β-unsaturated/α-hetero) is 1. The molecule has 0 bridgehead atoms. The van der Waals surface area contributed by atoms with Crippen molar-refractivity contribution in [3.8, 4) is 11.1 Å². The molecule has 0 saturated heterocycles. The van der Waals surface area contributed by atoms with Crippen LogP contribution in [-0.4, -0.2) is 51.2 Å². The van der Waals surface area contributed by atoms with Gasteiger partial charge in [-0.2, -0.15) is 0 Å². The van der Waals surface area contributed by atoms with Crippen LogP contribution in [0.1, 0.15) is 74.4 Å². The molecule has 49 heavy (non-hydrogen) atoms. The number of hydrogen-bond acceptors (Lipinski definition) is 6. The van der Waals surface area contributed by atoms with Gasteiger partial charge in [-0.15, -0.1) is 0 Å². The van der Waals surface area contributed by atoms with E-state index in [1.165, 1.54) is 0 Å². The van der Waals surface area contributed by atoms with Gasteiger partial charge in [0.1, 0.15) is 11.4 Å². The minimum atomic E-state index is -0.978. The Kier molecular flexibility index (Phi) is 10.7. The van der Waals surface area contributed by atoms with E-state index in [9.17, 15) is 29.1 Å². The van der Waals surface area contributed by atoms with Gasteiger partial charge >= 0.3 is 12.1 Å². The number of rotatable bonds is 11. The summed E-state index contributed by atoms with van der Waals surface area (Å²) in [5, 5.41) is 20.9. The fraction of sp³-hybridized carbons (Fsp3) is 0.395. The van der Waals surface area contributed by atoms with E-state index in [1.807, 2.05) is 52.0 Å². The number of ketones is 1. The third kappa shape index (κ3) is 9.25. The number of carboxylic acids is 1. The number of carbonyl (C=O) groups is 4. The second kappa shape index (κ2) is 14.9. The number of aryl methyl sites for hydroxylation is 1. The summed E-state index contributed by atoms with van der Waals surface area (Å²) in [4.78, 5) is 62.8. The zero-order chi connectivity index (χ0) is 35.3. The minimum absolute atomic E-state index is 0.0508. The van der Waals surface area contributed by atoms with Crippen LogP contribution in [0.4, 0.5) is 10.5 Å². The number of carbonyl (C=O) groups excluding carboxylic acids is 3. The Balaban J connectivity index is 1.26. The van der Waals surface area contributed by atoms with E-state index in [1.54, 1.807) is 36.4 Å². The molecule has 11 nitrogen and oxygen atoms in total. The molecule has 2 amide bonds. The third-order valence-corrected chi connectivity index (χ3v) is 9.12. The number of alkyl carbamates (subject to hydrolysis) is 1. The summed E-state index contributed by atoms with van der Waals surface area (Å²) >= 11 is 0. The number of hydrogen-bond donors (Lipinski definition) is 5. The van der Waals surface area contributed by atoms with Gasteiger partial charge in [0.05, 0.1) is 16.5 Å². The highest BCUT2D eigenvalue weighted by Crippen LogP contribution is 2.32. The van der Waals surface area contributed by atoms with Crippen molar-refractivity contribution in [1.29, 1.82) is 0 Å². The first-order valence-corrected chi connectivity index (χ1v) is 16.7. The average molecular weight is 669 g/mol. The Morgan fingerprint density at radius 1 is 0.939 bits per heavy atom. The second-order valence-electron chi connectivity index (χ2n) is 14.0. The van der Waals surface area contributed by atoms with Crippen LogP contribution in [-0.2, 0) is 20.7 Å². The zero-order valence-corrected chi connectivity index (χ0v) is 28.4. The number of aromatic carboxylic acids is 1. The highest BCUT2D eigenvalue weighted by atomic mass is 16.6. The van der Waals surface area contributed by atoms with Crippen LogP contribution in [0.3, 0.4) is 0 Å². The molecule has 1 aliphatic carbocycles. The van der Waals surface area contributed by atoms with Crippen molar-refractivity contribution >= 4 is 40.3 Å². The lowest BCUT2D eigenvalue weighted by atomic mass is 9.77. The molecule has 1 saturated carbocycles. The molecule has 5 N–H and O–H groups in total. The largest absolute Gasteiger partial charge is 0.478 e. The van der Waals surface area contributed by atoms with Crippen LogP contribution < -0.4 is 16.2 Å². The van der Waals surface area contributed by atoms with Crippen molar-refractivity contribution in [2.75, 3.05) is 11.9 Å². The van der Waals surface area contributed by atoms with Gasteiger partial charge in [-0.25, -0.2) is 9.59 Å². The average Bonchev–Trinajstić information content (AvgIpc) is 3.42. The van der Waals surface area contributed by atoms with Gasteiger partial charge in [0.25, 0.3) is 5.56 Å². The molecule has 258 valence electrons. The molecular weight excluding hydrogens is 624 g/mol. The lowest BCUT2D eigenvalue weighted by Crippen LogP contribution is -2.37. The zero-order valence-electron chi connectivity index (χ0n) is 28.4. The molecule has 1 aromatic heterocycles. The number of H-pyrrole nitrogens is 2. The summed E-state index contributed by atoms with van der Waals surface area (Å²) in [5.74, 6) is -1.75. The maximum absolute atomic E-state index is 13.8. The predicted octanol–water partition coefficient (Wildman–Crippen LogP) is 6.62. The molecule has 11 heteroatoms. The van der Waals surface area contributed by atoms with Gasteiger partial charge in [0, 0.05) is 30.5 Å². The lowest BCUT2D eigenvalue weighted by Gasteiger charge is -2.29. The molecule has 0 unspecified atom stereocenters. The van der Waals surface area contributed by atoms with E-state index in [-0.39, 0.29) is 41.1 Å². The van der Waals surface area contributed by atoms with Gasteiger partial charge in [0.15, 0.2) is 0 Å². The maximum Gasteiger partial charge on any atom is 0.407 e. The second-order valence-corrected chi connectivity index (χ2v) is 14.0. The van der Waals surface area contributed by atoms with Crippen molar-refractivity contribution in [1.82, 2.24) is 15.5 Å². The van der Waals surface area contributed by atoms with Gasteiger partial charge in [0.2, 0.25) is 5.91 Å². The Bertz CT molecular complexity index is 1890. The summed E-state index contributed by atoms with van der Waals surface area (Å²) in [6, 6.07) is 17.8. The van der Waals surface area contributed by atoms with E-state index in [0.29, 0.717) is 42.4 Å². The monoisotopic (exact) mass is 668 g/mol. The Morgan fingerprint density at radius 3 is 2.31 bits per heavy atom. The topological polar surface area (TPSA) is 170 Å². The Labute approximate surface area is 284 Å². The number of amides is 2. The molecule has 5 rings (SSSR count). The van der Waals surface area contributed by atoms with Crippen molar-refractivity contribution < 1.29 is 29.0 Å². The van der Waals surface area contributed by atoms with Crippen LogP contribution >= 0.6 is 0 Å².